The highest BCUT2D eigenvalue weighted by Gasteiger charge is 2.21. The van der Waals surface area contributed by atoms with Gasteiger partial charge in [0.1, 0.15) is 5.69 Å². The van der Waals surface area contributed by atoms with Gasteiger partial charge in [0.05, 0.1) is 0 Å². The Labute approximate surface area is 80.9 Å². The molecule has 0 atom stereocenters. The van der Waals surface area contributed by atoms with Crippen LogP contribution in [0.2, 0.25) is 0 Å². The zero-order valence-electron chi connectivity index (χ0n) is 7.53. The summed E-state index contributed by atoms with van der Waals surface area (Å²) in [5.74, 6) is 0.868. The highest BCUT2D eigenvalue weighted by Crippen LogP contribution is 2.28. The van der Waals surface area contributed by atoms with Gasteiger partial charge in [-0.05, 0) is 12.1 Å². The van der Waals surface area contributed by atoms with E-state index in [1.165, 1.54) is 5.56 Å². The van der Waals surface area contributed by atoms with Gasteiger partial charge in [0.25, 0.3) is 0 Å². The van der Waals surface area contributed by atoms with Gasteiger partial charge in [-0.2, -0.15) is 0 Å². The lowest BCUT2D eigenvalue weighted by molar-refractivity contribution is 0.417. The SMILES string of the molecule is c1cc(-c2onc3c2CNC3)ccn1. The van der Waals surface area contributed by atoms with E-state index in [1.54, 1.807) is 12.4 Å². The van der Waals surface area contributed by atoms with Crippen LogP contribution in [0.25, 0.3) is 11.3 Å². The number of rotatable bonds is 1. The minimum atomic E-state index is 0.809. The lowest BCUT2D eigenvalue weighted by Gasteiger charge is -1.96. The molecule has 1 aliphatic heterocycles. The molecular formula is C10H9N3O. The van der Waals surface area contributed by atoms with E-state index in [1.807, 2.05) is 12.1 Å². The predicted octanol–water partition coefficient (Wildman–Crippen LogP) is 1.34. The van der Waals surface area contributed by atoms with Gasteiger partial charge in [-0.15, -0.1) is 0 Å². The van der Waals surface area contributed by atoms with Crippen LogP contribution in [-0.4, -0.2) is 10.1 Å². The molecule has 0 radical (unpaired) electrons. The zero-order chi connectivity index (χ0) is 9.38. The first-order valence-electron chi connectivity index (χ1n) is 4.53. The van der Waals surface area contributed by atoms with Crippen molar-refractivity contribution in [3.05, 3.63) is 35.8 Å². The molecular weight excluding hydrogens is 178 g/mol. The van der Waals surface area contributed by atoms with E-state index in [-0.39, 0.29) is 0 Å². The highest BCUT2D eigenvalue weighted by atomic mass is 16.5. The first-order valence-corrected chi connectivity index (χ1v) is 4.53. The molecule has 3 rings (SSSR count). The lowest BCUT2D eigenvalue weighted by atomic mass is 10.1. The molecule has 0 aliphatic carbocycles. The second-order valence-electron chi connectivity index (χ2n) is 3.28. The van der Waals surface area contributed by atoms with Crippen LogP contribution in [0.4, 0.5) is 0 Å². The monoisotopic (exact) mass is 187 g/mol. The van der Waals surface area contributed by atoms with Crippen LogP contribution >= 0.6 is 0 Å². The molecule has 1 N–H and O–H groups in total. The largest absolute Gasteiger partial charge is 0.356 e. The lowest BCUT2D eigenvalue weighted by Crippen LogP contribution is -2.01. The van der Waals surface area contributed by atoms with Gasteiger partial charge in [-0.1, -0.05) is 5.16 Å². The smallest absolute Gasteiger partial charge is 0.171 e. The molecule has 4 heteroatoms. The van der Waals surface area contributed by atoms with E-state index >= 15 is 0 Å². The summed E-state index contributed by atoms with van der Waals surface area (Å²) in [6.07, 6.45) is 3.51. The summed E-state index contributed by atoms with van der Waals surface area (Å²) >= 11 is 0. The first-order chi connectivity index (χ1) is 6.95. The van der Waals surface area contributed by atoms with Crippen molar-refractivity contribution in [1.29, 1.82) is 0 Å². The fourth-order valence-electron chi connectivity index (χ4n) is 1.70. The Hall–Kier alpha value is -1.68. The normalized spacial score (nSPS) is 14.3. The summed E-state index contributed by atoms with van der Waals surface area (Å²) in [5.41, 5.74) is 3.24. The summed E-state index contributed by atoms with van der Waals surface area (Å²) in [6.45, 7) is 1.65. The second-order valence-corrected chi connectivity index (χ2v) is 3.28. The molecule has 0 bridgehead atoms. The van der Waals surface area contributed by atoms with Gasteiger partial charge < -0.3 is 9.84 Å². The third kappa shape index (κ3) is 1.04. The third-order valence-corrected chi connectivity index (χ3v) is 2.41. The van der Waals surface area contributed by atoms with Gasteiger partial charge in [-0.25, -0.2) is 0 Å². The van der Waals surface area contributed by atoms with Crippen molar-refractivity contribution in [2.45, 2.75) is 13.1 Å². The van der Waals surface area contributed by atoms with E-state index in [0.717, 1.165) is 30.1 Å². The third-order valence-electron chi connectivity index (χ3n) is 2.41. The van der Waals surface area contributed by atoms with Crippen molar-refractivity contribution < 1.29 is 4.52 Å². The standard InChI is InChI=1S/C10H9N3O/c1-3-11-4-2-7(1)10-8-5-12-6-9(8)13-14-10/h1-4,12H,5-6H2. The van der Waals surface area contributed by atoms with E-state index in [2.05, 4.69) is 15.5 Å². The first kappa shape index (κ1) is 7.70. The number of fused-ring (bicyclic) bond motifs is 1. The Kier molecular flexibility index (Phi) is 1.61. The topological polar surface area (TPSA) is 51.0 Å². The van der Waals surface area contributed by atoms with Crippen LogP contribution in [0.3, 0.4) is 0 Å². The van der Waals surface area contributed by atoms with Crippen LogP contribution in [0.15, 0.2) is 29.0 Å². The molecule has 0 amide bonds. The van der Waals surface area contributed by atoms with Crippen LogP contribution < -0.4 is 5.32 Å². The molecule has 0 aromatic carbocycles. The number of nitrogens with zero attached hydrogens (tertiary/aromatic N) is 2. The minimum Gasteiger partial charge on any atom is -0.356 e. The molecule has 0 spiro atoms. The van der Waals surface area contributed by atoms with E-state index in [9.17, 15) is 0 Å². The highest BCUT2D eigenvalue weighted by molar-refractivity contribution is 5.61. The van der Waals surface area contributed by atoms with Crippen molar-refractivity contribution in [1.82, 2.24) is 15.5 Å². The maximum absolute atomic E-state index is 5.31. The van der Waals surface area contributed by atoms with Crippen molar-refractivity contribution in [3.63, 3.8) is 0 Å². The molecule has 14 heavy (non-hydrogen) atoms. The molecule has 3 heterocycles. The molecule has 70 valence electrons. The number of hydrogen-bond acceptors (Lipinski definition) is 4. The Balaban J connectivity index is 2.13. The fourth-order valence-corrected chi connectivity index (χ4v) is 1.70. The summed E-state index contributed by atoms with van der Waals surface area (Å²) in [7, 11) is 0. The van der Waals surface area contributed by atoms with Crippen molar-refractivity contribution in [3.8, 4) is 11.3 Å². The Bertz CT molecular complexity index is 450. The molecule has 0 unspecified atom stereocenters. The van der Waals surface area contributed by atoms with Crippen molar-refractivity contribution >= 4 is 0 Å². The maximum atomic E-state index is 5.31. The van der Waals surface area contributed by atoms with Gasteiger partial charge in [0, 0.05) is 36.6 Å². The molecule has 0 saturated carbocycles. The average molecular weight is 187 g/mol. The molecule has 1 aliphatic rings. The van der Waals surface area contributed by atoms with Crippen molar-refractivity contribution in [2.24, 2.45) is 0 Å². The summed E-state index contributed by atoms with van der Waals surface area (Å²) in [5, 5.41) is 7.25. The van der Waals surface area contributed by atoms with Gasteiger partial charge in [-0.3, -0.25) is 4.98 Å². The van der Waals surface area contributed by atoms with Gasteiger partial charge in [0.2, 0.25) is 0 Å². The molecule has 4 nitrogen and oxygen atoms in total. The summed E-state index contributed by atoms with van der Waals surface area (Å²) < 4.78 is 5.31. The van der Waals surface area contributed by atoms with Crippen LogP contribution in [0, 0.1) is 0 Å². The fraction of sp³-hybridized carbons (Fsp3) is 0.200. The van der Waals surface area contributed by atoms with E-state index in [4.69, 9.17) is 4.52 Å². The summed E-state index contributed by atoms with van der Waals surface area (Å²) in [6, 6.07) is 3.86. The van der Waals surface area contributed by atoms with Gasteiger partial charge >= 0.3 is 0 Å². The maximum Gasteiger partial charge on any atom is 0.171 e. The van der Waals surface area contributed by atoms with Crippen LogP contribution in [0.1, 0.15) is 11.3 Å². The van der Waals surface area contributed by atoms with Crippen LogP contribution in [0.5, 0.6) is 0 Å². The van der Waals surface area contributed by atoms with E-state index in [0.29, 0.717) is 0 Å². The molecule has 0 saturated heterocycles. The van der Waals surface area contributed by atoms with Crippen LogP contribution in [-0.2, 0) is 13.1 Å². The van der Waals surface area contributed by atoms with E-state index < -0.39 is 0 Å². The minimum absolute atomic E-state index is 0.809. The quantitative estimate of drug-likeness (QED) is 0.732. The molecule has 2 aromatic heterocycles. The van der Waals surface area contributed by atoms with Crippen molar-refractivity contribution in [2.75, 3.05) is 0 Å². The molecule has 2 aromatic rings. The number of hydrogen-bond donors (Lipinski definition) is 1. The number of pyridine rings is 1. The zero-order valence-corrected chi connectivity index (χ0v) is 7.53. The predicted molar refractivity (Wildman–Crippen MR) is 50.3 cm³/mol. The molecule has 0 fully saturated rings. The number of nitrogens with one attached hydrogen (secondary N) is 1. The Morgan fingerprint density at radius 3 is 2.93 bits per heavy atom. The number of aromatic nitrogens is 2. The second kappa shape index (κ2) is 2.92. The summed E-state index contributed by atoms with van der Waals surface area (Å²) in [4.78, 5) is 3.97. The average Bonchev–Trinajstić information content (AvgIpc) is 2.79. The Morgan fingerprint density at radius 2 is 2.07 bits per heavy atom. The van der Waals surface area contributed by atoms with Gasteiger partial charge in [0.15, 0.2) is 5.76 Å². The Morgan fingerprint density at radius 1 is 1.21 bits per heavy atom.